The number of carbonyl (C=O) groups excluding carboxylic acids is 1. The molecule has 7 heteroatoms. The van der Waals surface area contributed by atoms with Crippen LogP contribution in [0.1, 0.15) is 0 Å². The molecule has 0 fully saturated rings. The maximum atomic E-state index is 11.2. The second-order valence-corrected chi connectivity index (χ2v) is 3.51. The summed E-state index contributed by atoms with van der Waals surface area (Å²) < 4.78 is 0. The van der Waals surface area contributed by atoms with Gasteiger partial charge in [0.2, 0.25) is 5.91 Å². The number of rotatable bonds is 5. The Bertz CT molecular complexity index is 344. The van der Waals surface area contributed by atoms with Crippen LogP contribution in [0.25, 0.3) is 0 Å². The average molecular weight is 227 g/mol. The number of nitrogens with one attached hydrogen (secondary N) is 1. The third kappa shape index (κ3) is 4.96. The molecule has 0 spiro atoms. The van der Waals surface area contributed by atoms with Crippen molar-refractivity contribution >= 4 is 29.5 Å². The van der Waals surface area contributed by atoms with Crippen LogP contribution in [0, 0.1) is 0 Å². The highest BCUT2D eigenvalue weighted by Crippen LogP contribution is 2.02. The molecule has 1 rings (SSSR count). The average Bonchev–Trinajstić information content (AvgIpc) is 2.18. The van der Waals surface area contributed by atoms with E-state index in [1.165, 1.54) is 18.6 Å². The molecule has 0 saturated carbocycles. The van der Waals surface area contributed by atoms with Gasteiger partial charge < -0.3 is 10.4 Å². The first-order valence-electron chi connectivity index (χ1n) is 4.04. The zero-order chi connectivity index (χ0) is 11.1. The first-order valence-corrected chi connectivity index (χ1v) is 5.19. The molecule has 0 aliphatic heterocycles. The van der Waals surface area contributed by atoms with E-state index in [1.807, 2.05) is 0 Å². The SMILES string of the molecule is O=C(O)CSCC(=O)Nc1cnccn1. The predicted octanol–water partition coefficient (Wildman–Crippen LogP) is 0.233. The van der Waals surface area contributed by atoms with E-state index in [9.17, 15) is 9.59 Å². The Kier molecular flexibility index (Phi) is 4.55. The minimum absolute atomic E-state index is 0.0862. The lowest BCUT2D eigenvalue weighted by molar-refractivity contribution is -0.133. The van der Waals surface area contributed by atoms with Crippen molar-refractivity contribution in [2.75, 3.05) is 16.8 Å². The summed E-state index contributed by atoms with van der Waals surface area (Å²) in [6.07, 6.45) is 4.37. The number of carboxylic acid groups (broad SMARTS) is 1. The Balaban J connectivity index is 2.28. The van der Waals surface area contributed by atoms with Crippen molar-refractivity contribution in [3.05, 3.63) is 18.6 Å². The third-order valence-electron chi connectivity index (χ3n) is 1.29. The molecule has 0 aliphatic rings. The molecule has 0 aliphatic carbocycles. The Morgan fingerprint density at radius 2 is 2.20 bits per heavy atom. The molecule has 1 aromatic heterocycles. The Hall–Kier alpha value is -1.63. The van der Waals surface area contributed by atoms with Gasteiger partial charge in [-0.1, -0.05) is 0 Å². The summed E-state index contributed by atoms with van der Waals surface area (Å²) in [5.74, 6) is -0.871. The first-order chi connectivity index (χ1) is 7.18. The summed E-state index contributed by atoms with van der Waals surface area (Å²) in [5.41, 5.74) is 0. The van der Waals surface area contributed by atoms with E-state index >= 15 is 0 Å². The number of aliphatic carboxylic acids is 1. The molecule has 0 atom stereocenters. The quantitative estimate of drug-likeness (QED) is 0.748. The van der Waals surface area contributed by atoms with Gasteiger partial charge >= 0.3 is 5.97 Å². The van der Waals surface area contributed by atoms with E-state index < -0.39 is 5.97 Å². The maximum Gasteiger partial charge on any atom is 0.313 e. The molecular weight excluding hydrogens is 218 g/mol. The minimum Gasteiger partial charge on any atom is -0.481 e. The zero-order valence-electron chi connectivity index (χ0n) is 7.71. The van der Waals surface area contributed by atoms with E-state index in [4.69, 9.17) is 5.11 Å². The number of carboxylic acids is 1. The molecule has 1 heterocycles. The van der Waals surface area contributed by atoms with Crippen molar-refractivity contribution in [3.8, 4) is 0 Å². The fourth-order valence-electron chi connectivity index (χ4n) is 0.774. The maximum absolute atomic E-state index is 11.2. The Labute approximate surface area is 90.1 Å². The van der Waals surface area contributed by atoms with Crippen LogP contribution in [0.5, 0.6) is 0 Å². The van der Waals surface area contributed by atoms with Crippen LogP contribution in [-0.4, -0.2) is 38.5 Å². The standard InChI is InChI=1S/C8H9N3O3S/c12-7(4-15-5-8(13)14)11-6-3-9-1-2-10-6/h1-3H,4-5H2,(H,13,14)(H,10,11,12). The lowest BCUT2D eigenvalue weighted by Gasteiger charge is -2.01. The highest BCUT2D eigenvalue weighted by Gasteiger charge is 2.04. The van der Waals surface area contributed by atoms with E-state index in [0.29, 0.717) is 5.82 Å². The smallest absolute Gasteiger partial charge is 0.313 e. The van der Waals surface area contributed by atoms with Gasteiger partial charge in [0, 0.05) is 12.4 Å². The number of carbonyl (C=O) groups is 2. The van der Waals surface area contributed by atoms with Crippen molar-refractivity contribution in [2.24, 2.45) is 0 Å². The van der Waals surface area contributed by atoms with E-state index in [1.54, 1.807) is 0 Å². The summed E-state index contributed by atoms with van der Waals surface area (Å²) in [4.78, 5) is 29.0. The van der Waals surface area contributed by atoms with Gasteiger partial charge in [-0.15, -0.1) is 11.8 Å². The molecule has 2 N–H and O–H groups in total. The Morgan fingerprint density at radius 1 is 1.40 bits per heavy atom. The number of anilines is 1. The summed E-state index contributed by atoms with van der Waals surface area (Å²) in [6, 6.07) is 0. The second-order valence-electron chi connectivity index (χ2n) is 2.53. The summed E-state index contributed by atoms with van der Waals surface area (Å²) in [7, 11) is 0. The molecule has 80 valence electrons. The van der Waals surface area contributed by atoms with E-state index in [0.717, 1.165) is 11.8 Å². The van der Waals surface area contributed by atoms with Crippen LogP contribution < -0.4 is 5.32 Å². The first kappa shape index (κ1) is 11.4. The van der Waals surface area contributed by atoms with Crippen LogP contribution in [0.2, 0.25) is 0 Å². The minimum atomic E-state index is -0.938. The summed E-state index contributed by atoms with van der Waals surface area (Å²) >= 11 is 1.03. The predicted molar refractivity (Wildman–Crippen MR) is 55.6 cm³/mol. The molecule has 1 aromatic rings. The third-order valence-corrected chi connectivity index (χ3v) is 2.21. The highest BCUT2D eigenvalue weighted by molar-refractivity contribution is 8.00. The van der Waals surface area contributed by atoms with Gasteiger partial charge in [-0.05, 0) is 0 Å². The van der Waals surface area contributed by atoms with Gasteiger partial charge in [0.05, 0.1) is 17.7 Å². The number of hydrogen-bond donors (Lipinski definition) is 2. The van der Waals surface area contributed by atoms with Gasteiger partial charge in [-0.2, -0.15) is 0 Å². The molecule has 0 radical (unpaired) electrons. The van der Waals surface area contributed by atoms with E-state index in [2.05, 4.69) is 15.3 Å². The van der Waals surface area contributed by atoms with E-state index in [-0.39, 0.29) is 17.4 Å². The van der Waals surface area contributed by atoms with Gasteiger partial charge in [0.25, 0.3) is 0 Å². The van der Waals surface area contributed by atoms with Crippen molar-refractivity contribution in [3.63, 3.8) is 0 Å². The topological polar surface area (TPSA) is 92.2 Å². The monoisotopic (exact) mass is 227 g/mol. The normalized spacial score (nSPS) is 9.60. The lowest BCUT2D eigenvalue weighted by atomic mass is 10.6. The molecule has 6 nitrogen and oxygen atoms in total. The highest BCUT2D eigenvalue weighted by atomic mass is 32.2. The molecule has 1 amide bonds. The second kappa shape index (κ2) is 5.97. The number of hydrogen-bond acceptors (Lipinski definition) is 5. The van der Waals surface area contributed by atoms with Crippen LogP contribution in [0.3, 0.4) is 0 Å². The number of aromatic nitrogens is 2. The zero-order valence-corrected chi connectivity index (χ0v) is 8.53. The number of thioether (sulfide) groups is 1. The lowest BCUT2D eigenvalue weighted by Crippen LogP contribution is -2.16. The van der Waals surface area contributed by atoms with Crippen LogP contribution >= 0.6 is 11.8 Å². The van der Waals surface area contributed by atoms with Crippen molar-refractivity contribution in [1.29, 1.82) is 0 Å². The van der Waals surface area contributed by atoms with Gasteiger partial charge in [0.15, 0.2) is 5.82 Å². The Morgan fingerprint density at radius 3 is 2.80 bits per heavy atom. The van der Waals surface area contributed by atoms with Crippen molar-refractivity contribution in [1.82, 2.24) is 9.97 Å². The number of amides is 1. The molecular formula is C8H9N3O3S. The fraction of sp³-hybridized carbons (Fsp3) is 0.250. The fourth-order valence-corrected chi connectivity index (χ4v) is 1.31. The summed E-state index contributed by atoms with van der Waals surface area (Å²) in [6.45, 7) is 0. The van der Waals surface area contributed by atoms with Crippen LogP contribution in [0.15, 0.2) is 18.6 Å². The number of nitrogens with zero attached hydrogens (tertiary/aromatic N) is 2. The molecule has 0 bridgehead atoms. The van der Waals surface area contributed by atoms with Crippen LogP contribution in [0.4, 0.5) is 5.82 Å². The largest absolute Gasteiger partial charge is 0.481 e. The molecule has 15 heavy (non-hydrogen) atoms. The van der Waals surface area contributed by atoms with Crippen molar-refractivity contribution < 1.29 is 14.7 Å². The van der Waals surface area contributed by atoms with Gasteiger partial charge in [0.1, 0.15) is 0 Å². The molecule has 0 unspecified atom stereocenters. The van der Waals surface area contributed by atoms with Gasteiger partial charge in [-0.3, -0.25) is 14.6 Å². The molecule has 0 aromatic carbocycles. The van der Waals surface area contributed by atoms with Gasteiger partial charge in [-0.25, -0.2) is 4.98 Å². The van der Waals surface area contributed by atoms with Crippen LogP contribution in [-0.2, 0) is 9.59 Å². The van der Waals surface area contributed by atoms with Crippen molar-refractivity contribution in [2.45, 2.75) is 0 Å². The molecule has 0 saturated heterocycles. The summed E-state index contributed by atoms with van der Waals surface area (Å²) in [5, 5.41) is 10.8.